The first-order valence-corrected chi connectivity index (χ1v) is 4.25. The number of aliphatic hydroxyl groups excluding tert-OH is 1. The zero-order valence-corrected chi connectivity index (χ0v) is 7.83. The second-order valence-corrected chi connectivity index (χ2v) is 2.93. The number of nitrogens with zero attached hydrogens (tertiary/aromatic N) is 1. The third-order valence-electron chi connectivity index (χ3n) is 1.59. The lowest BCUT2D eigenvalue weighted by Crippen LogP contribution is -2.20. The Morgan fingerprint density at radius 2 is 2.54 bits per heavy atom. The lowest BCUT2D eigenvalue weighted by Gasteiger charge is -2.13. The van der Waals surface area contributed by atoms with Gasteiger partial charge in [-0.1, -0.05) is 17.7 Å². The van der Waals surface area contributed by atoms with E-state index < -0.39 is 0 Å². The fourth-order valence-corrected chi connectivity index (χ4v) is 1.04. The van der Waals surface area contributed by atoms with Crippen molar-refractivity contribution in [3.8, 4) is 0 Å². The molecule has 0 saturated heterocycles. The molecule has 0 aliphatic carbocycles. The van der Waals surface area contributed by atoms with Crippen molar-refractivity contribution in [1.29, 1.82) is 0 Å². The molecular formula is C9H11ClN2O. The van der Waals surface area contributed by atoms with Crippen LogP contribution in [0.1, 0.15) is 0 Å². The molecule has 0 aliphatic heterocycles. The Bertz CT molecular complexity index is 291. The number of hydrogen-bond acceptors (Lipinski definition) is 3. The highest BCUT2D eigenvalue weighted by Gasteiger charge is 2.04. The summed E-state index contributed by atoms with van der Waals surface area (Å²) in [6, 6.07) is 1.56. The monoisotopic (exact) mass is 198 g/mol. The average molecular weight is 199 g/mol. The van der Waals surface area contributed by atoms with Gasteiger partial charge in [-0.25, -0.2) is 0 Å². The highest BCUT2D eigenvalue weighted by atomic mass is 35.5. The molecule has 1 atom stereocenters. The molecule has 3 nitrogen and oxygen atoms in total. The van der Waals surface area contributed by atoms with E-state index in [2.05, 4.69) is 16.9 Å². The molecule has 0 aliphatic rings. The van der Waals surface area contributed by atoms with Gasteiger partial charge in [0.2, 0.25) is 0 Å². The smallest absolute Gasteiger partial charge is 0.0820 e. The van der Waals surface area contributed by atoms with Gasteiger partial charge >= 0.3 is 0 Å². The van der Waals surface area contributed by atoms with Gasteiger partial charge in [0, 0.05) is 12.4 Å². The van der Waals surface area contributed by atoms with Crippen LogP contribution in [-0.4, -0.2) is 22.7 Å². The molecule has 13 heavy (non-hydrogen) atoms. The van der Waals surface area contributed by atoms with Crippen LogP contribution in [0.3, 0.4) is 0 Å². The molecule has 1 unspecified atom stereocenters. The maximum absolute atomic E-state index is 8.89. The van der Waals surface area contributed by atoms with Crippen LogP contribution >= 0.6 is 11.6 Å². The Balaban J connectivity index is 2.73. The molecule has 0 radical (unpaired) electrons. The van der Waals surface area contributed by atoms with Crippen LogP contribution < -0.4 is 5.32 Å². The summed E-state index contributed by atoms with van der Waals surface area (Å²) in [6.07, 6.45) is 4.80. The van der Waals surface area contributed by atoms with Crippen molar-refractivity contribution < 1.29 is 5.11 Å². The minimum Gasteiger partial charge on any atom is -0.394 e. The largest absolute Gasteiger partial charge is 0.394 e. The second-order valence-electron chi connectivity index (χ2n) is 2.52. The van der Waals surface area contributed by atoms with Gasteiger partial charge in [0.05, 0.1) is 23.4 Å². The maximum atomic E-state index is 8.89. The summed E-state index contributed by atoms with van der Waals surface area (Å²) in [5.41, 5.74) is 0.746. The number of aromatic nitrogens is 1. The normalized spacial score (nSPS) is 12.2. The Labute approximate surface area is 82.1 Å². The van der Waals surface area contributed by atoms with Crippen molar-refractivity contribution in [2.45, 2.75) is 6.04 Å². The van der Waals surface area contributed by atoms with E-state index in [1.807, 2.05) is 0 Å². The van der Waals surface area contributed by atoms with Gasteiger partial charge < -0.3 is 10.4 Å². The van der Waals surface area contributed by atoms with Crippen molar-refractivity contribution in [2.24, 2.45) is 0 Å². The summed E-state index contributed by atoms with van der Waals surface area (Å²) in [5.74, 6) is 0. The van der Waals surface area contributed by atoms with E-state index >= 15 is 0 Å². The Kier molecular flexibility index (Phi) is 3.73. The van der Waals surface area contributed by atoms with E-state index in [4.69, 9.17) is 16.7 Å². The molecule has 1 aromatic heterocycles. The number of halogens is 1. The molecule has 2 N–H and O–H groups in total. The van der Waals surface area contributed by atoms with Crippen molar-refractivity contribution in [3.63, 3.8) is 0 Å². The Morgan fingerprint density at radius 1 is 1.77 bits per heavy atom. The standard InChI is InChI=1S/C9H11ClN2O/c1-2-7(6-13)12-9-3-4-11-5-8(9)10/h2-5,7,13H,1,6H2,(H,11,12). The molecule has 1 rings (SSSR count). The molecule has 1 heterocycles. The molecule has 0 amide bonds. The van der Waals surface area contributed by atoms with Gasteiger partial charge in [0.1, 0.15) is 0 Å². The van der Waals surface area contributed by atoms with E-state index in [-0.39, 0.29) is 12.6 Å². The predicted octanol–water partition coefficient (Wildman–Crippen LogP) is 1.69. The summed E-state index contributed by atoms with van der Waals surface area (Å²) in [6.45, 7) is 3.56. The van der Waals surface area contributed by atoms with Gasteiger partial charge in [0.15, 0.2) is 0 Å². The fraction of sp³-hybridized carbons (Fsp3) is 0.222. The van der Waals surface area contributed by atoms with Crippen LogP contribution in [0.2, 0.25) is 5.02 Å². The van der Waals surface area contributed by atoms with Crippen LogP contribution in [0, 0.1) is 0 Å². The van der Waals surface area contributed by atoms with Crippen LogP contribution in [0.15, 0.2) is 31.1 Å². The molecular weight excluding hydrogens is 188 g/mol. The van der Waals surface area contributed by atoms with E-state index in [9.17, 15) is 0 Å². The second kappa shape index (κ2) is 4.84. The van der Waals surface area contributed by atoms with Crippen molar-refractivity contribution >= 4 is 17.3 Å². The van der Waals surface area contributed by atoms with Gasteiger partial charge in [-0.2, -0.15) is 0 Å². The van der Waals surface area contributed by atoms with Gasteiger partial charge in [0.25, 0.3) is 0 Å². The third kappa shape index (κ3) is 2.72. The average Bonchev–Trinajstić information content (AvgIpc) is 2.17. The molecule has 70 valence electrons. The SMILES string of the molecule is C=CC(CO)Nc1ccncc1Cl. The number of anilines is 1. The first-order valence-electron chi connectivity index (χ1n) is 3.87. The van der Waals surface area contributed by atoms with Gasteiger partial charge in [-0.15, -0.1) is 6.58 Å². The molecule has 4 heteroatoms. The minimum atomic E-state index is -0.181. The first-order chi connectivity index (χ1) is 6.27. The number of nitrogens with one attached hydrogen (secondary N) is 1. The summed E-state index contributed by atoms with van der Waals surface area (Å²) in [5, 5.41) is 12.4. The highest BCUT2D eigenvalue weighted by molar-refractivity contribution is 6.33. The number of hydrogen-bond donors (Lipinski definition) is 2. The van der Waals surface area contributed by atoms with Crippen LogP contribution in [0.25, 0.3) is 0 Å². The quantitative estimate of drug-likeness (QED) is 0.724. The van der Waals surface area contributed by atoms with Gasteiger partial charge in [-0.3, -0.25) is 4.98 Å². The molecule has 0 fully saturated rings. The molecule has 1 aromatic rings. The van der Waals surface area contributed by atoms with E-state index in [0.717, 1.165) is 5.69 Å². The molecule has 0 spiro atoms. The first kappa shape index (κ1) is 10.0. The molecule has 0 saturated carbocycles. The van der Waals surface area contributed by atoms with Crippen LogP contribution in [0.5, 0.6) is 0 Å². The zero-order valence-electron chi connectivity index (χ0n) is 7.07. The zero-order chi connectivity index (χ0) is 9.68. The molecule has 0 aromatic carbocycles. The number of aliphatic hydroxyl groups is 1. The minimum absolute atomic E-state index is 0.0118. The van der Waals surface area contributed by atoms with Crippen molar-refractivity contribution in [3.05, 3.63) is 36.1 Å². The van der Waals surface area contributed by atoms with E-state index in [1.165, 1.54) is 0 Å². The highest BCUT2D eigenvalue weighted by Crippen LogP contribution is 2.19. The van der Waals surface area contributed by atoms with Crippen LogP contribution in [-0.2, 0) is 0 Å². The molecule has 0 bridgehead atoms. The summed E-state index contributed by atoms with van der Waals surface area (Å²) < 4.78 is 0. The van der Waals surface area contributed by atoms with Crippen LogP contribution in [0.4, 0.5) is 5.69 Å². The maximum Gasteiger partial charge on any atom is 0.0820 e. The van der Waals surface area contributed by atoms with Crippen molar-refractivity contribution in [2.75, 3.05) is 11.9 Å². The summed E-state index contributed by atoms with van der Waals surface area (Å²) in [4.78, 5) is 3.84. The lowest BCUT2D eigenvalue weighted by molar-refractivity contribution is 0.291. The third-order valence-corrected chi connectivity index (χ3v) is 1.90. The number of rotatable bonds is 4. The Hall–Kier alpha value is -1.06. The van der Waals surface area contributed by atoms with E-state index in [1.54, 1.807) is 24.5 Å². The Morgan fingerprint density at radius 3 is 3.08 bits per heavy atom. The summed E-state index contributed by atoms with van der Waals surface area (Å²) >= 11 is 5.84. The fourth-order valence-electron chi connectivity index (χ4n) is 0.871. The topological polar surface area (TPSA) is 45.1 Å². The number of pyridine rings is 1. The lowest BCUT2D eigenvalue weighted by atomic mass is 10.3. The van der Waals surface area contributed by atoms with E-state index in [0.29, 0.717) is 5.02 Å². The predicted molar refractivity (Wildman–Crippen MR) is 53.9 cm³/mol. The van der Waals surface area contributed by atoms with Crippen molar-refractivity contribution in [1.82, 2.24) is 4.98 Å². The summed E-state index contributed by atoms with van der Waals surface area (Å²) in [7, 11) is 0. The van der Waals surface area contributed by atoms with Gasteiger partial charge in [-0.05, 0) is 6.07 Å².